The van der Waals surface area contributed by atoms with Crippen molar-refractivity contribution in [3.63, 3.8) is 0 Å². The Balaban J connectivity index is 1.67. The fourth-order valence-corrected chi connectivity index (χ4v) is 5.30. The average Bonchev–Trinajstić information content (AvgIpc) is 3.27. The second-order valence-corrected chi connectivity index (χ2v) is 9.60. The second kappa shape index (κ2) is 10.1. The summed E-state index contributed by atoms with van der Waals surface area (Å²) in [5.41, 5.74) is 2.02. The fraction of sp³-hybridized carbons (Fsp3) is 0.120. The van der Waals surface area contributed by atoms with Gasteiger partial charge in [0.05, 0.1) is 16.3 Å². The van der Waals surface area contributed by atoms with Gasteiger partial charge in [-0.3, -0.25) is 19.0 Å². The Morgan fingerprint density at radius 2 is 2.06 bits per heavy atom. The summed E-state index contributed by atoms with van der Waals surface area (Å²) in [5.74, 6) is -0.551. The molecule has 0 aliphatic heterocycles. The molecule has 34 heavy (non-hydrogen) atoms. The van der Waals surface area contributed by atoms with Crippen molar-refractivity contribution in [2.24, 2.45) is 0 Å². The third-order valence-electron chi connectivity index (χ3n) is 5.12. The lowest BCUT2D eigenvalue weighted by atomic mass is 10.1. The van der Waals surface area contributed by atoms with E-state index in [4.69, 9.17) is 4.98 Å². The van der Waals surface area contributed by atoms with Gasteiger partial charge in [0.2, 0.25) is 5.91 Å². The first-order valence-corrected chi connectivity index (χ1v) is 12.1. The molecule has 1 unspecified atom stereocenters. The summed E-state index contributed by atoms with van der Waals surface area (Å²) in [6.45, 7) is 5.67. The Morgan fingerprint density at radius 3 is 2.76 bits per heavy atom. The van der Waals surface area contributed by atoms with Crippen LogP contribution in [0.3, 0.4) is 0 Å². The zero-order valence-electron chi connectivity index (χ0n) is 18.2. The van der Waals surface area contributed by atoms with Crippen molar-refractivity contribution in [3.05, 3.63) is 82.5 Å². The highest BCUT2D eigenvalue weighted by atomic mass is 32.2. The van der Waals surface area contributed by atoms with Crippen LogP contribution in [-0.4, -0.2) is 32.1 Å². The number of rotatable bonds is 8. The van der Waals surface area contributed by atoms with Gasteiger partial charge in [0, 0.05) is 23.1 Å². The number of carbonyl (C=O) groups is 2. The molecule has 0 aliphatic rings. The minimum absolute atomic E-state index is 0.139. The van der Waals surface area contributed by atoms with Crippen molar-refractivity contribution in [1.29, 1.82) is 0 Å². The van der Waals surface area contributed by atoms with Crippen LogP contribution in [0.1, 0.15) is 17.3 Å². The summed E-state index contributed by atoms with van der Waals surface area (Å²) in [7, 11) is 0. The van der Waals surface area contributed by atoms with E-state index in [1.54, 1.807) is 13.0 Å². The van der Waals surface area contributed by atoms with E-state index >= 15 is 0 Å². The number of phenols is 1. The third kappa shape index (κ3) is 4.66. The molecule has 2 N–H and O–H groups in total. The number of aldehydes is 1. The van der Waals surface area contributed by atoms with Gasteiger partial charge in [-0.2, -0.15) is 0 Å². The van der Waals surface area contributed by atoms with E-state index in [2.05, 4.69) is 11.9 Å². The largest absolute Gasteiger partial charge is 0.506 e. The fourth-order valence-electron chi connectivity index (χ4n) is 3.39. The van der Waals surface area contributed by atoms with Crippen molar-refractivity contribution < 1.29 is 14.7 Å². The molecule has 2 heterocycles. The number of hydrogen-bond acceptors (Lipinski definition) is 7. The van der Waals surface area contributed by atoms with Crippen LogP contribution in [-0.2, 0) is 11.3 Å². The molecule has 0 fully saturated rings. The normalized spacial score (nSPS) is 11.8. The van der Waals surface area contributed by atoms with Gasteiger partial charge in [-0.05, 0) is 30.7 Å². The molecule has 2 aromatic carbocycles. The maximum Gasteiger partial charge on any atom is 0.263 e. The van der Waals surface area contributed by atoms with Gasteiger partial charge < -0.3 is 10.4 Å². The Hall–Kier alpha value is -3.69. The minimum Gasteiger partial charge on any atom is -0.506 e. The van der Waals surface area contributed by atoms with Gasteiger partial charge in [0.15, 0.2) is 5.16 Å². The van der Waals surface area contributed by atoms with Crippen molar-refractivity contribution in [2.75, 3.05) is 5.32 Å². The van der Waals surface area contributed by atoms with Gasteiger partial charge in [-0.25, -0.2) is 4.98 Å². The summed E-state index contributed by atoms with van der Waals surface area (Å²) in [6, 6.07) is 13.8. The number of aromatic nitrogens is 2. The summed E-state index contributed by atoms with van der Waals surface area (Å²) in [5, 5.41) is 14.8. The first-order valence-electron chi connectivity index (χ1n) is 10.4. The highest BCUT2D eigenvalue weighted by Gasteiger charge is 2.22. The van der Waals surface area contributed by atoms with E-state index in [0.717, 1.165) is 22.9 Å². The Bertz CT molecular complexity index is 1440. The summed E-state index contributed by atoms with van der Waals surface area (Å²) in [4.78, 5) is 42.6. The van der Waals surface area contributed by atoms with Crippen LogP contribution < -0.4 is 10.9 Å². The lowest BCUT2D eigenvalue weighted by Crippen LogP contribution is -2.26. The van der Waals surface area contributed by atoms with E-state index in [-0.39, 0.29) is 23.5 Å². The molecule has 0 spiro atoms. The maximum absolute atomic E-state index is 13.5. The molecule has 0 saturated carbocycles. The number of aromatic hydroxyl groups is 1. The summed E-state index contributed by atoms with van der Waals surface area (Å²) < 4.78 is 1.51. The highest BCUT2D eigenvalue weighted by Crippen LogP contribution is 2.33. The molecule has 2 aromatic heterocycles. The van der Waals surface area contributed by atoms with Crippen LogP contribution in [0.5, 0.6) is 5.75 Å². The smallest absolute Gasteiger partial charge is 0.263 e. The Labute approximate surface area is 203 Å². The summed E-state index contributed by atoms with van der Waals surface area (Å²) >= 11 is 2.51. The molecule has 0 bridgehead atoms. The van der Waals surface area contributed by atoms with Gasteiger partial charge in [-0.1, -0.05) is 48.2 Å². The van der Waals surface area contributed by atoms with Gasteiger partial charge in [0.25, 0.3) is 5.56 Å². The van der Waals surface area contributed by atoms with E-state index in [0.29, 0.717) is 27.2 Å². The first kappa shape index (κ1) is 23.5. The van der Waals surface area contributed by atoms with Crippen LogP contribution >= 0.6 is 23.1 Å². The van der Waals surface area contributed by atoms with Crippen molar-refractivity contribution >= 4 is 51.2 Å². The Morgan fingerprint density at radius 1 is 1.29 bits per heavy atom. The third-order valence-corrected chi connectivity index (χ3v) is 7.08. The molecule has 1 atom stereocenters. The Kier molecular flexibility index (Phi) is 6.95. The molecule has 0 aliphatic carbocycles. The number of carbonyl (C=O) groups excluding carboxylic acids is 2. The second-order valence-electron chi connectivity index (χ2n) is 7.44. The number of fused-ring (bicyclic) bond motifs is 1. The molecule has 7 nitrogen and oxygen atoms in total. The zero-order chi connectivity index (χ0) is 24.2. The average molecular weight is 492 g/mol. The van der Waals surface area contributed by atoms with E-state index in [9.17, 15) is 19.5 Å². The minimum atomic E-state index is -0.645. The van der Waals surface area contributed by atoms with Crippen LogP contribution in [0.2, 0.25) is 0 Å². The van der Waals surface area contributed by atoms with Crippen molar-refractivity contribution in [3.8, 4) is 16.9 Å². The number of nitrogens with zero attached hydrogens (tertiary/aromatic N) is 2. The number of benzene rings is 2. The van der Waals surface area contributed by atoms with E-state index in [1.165, 1.54) is 34.1 Å². The number of thiophene rings is 1. The number of amides is 1. The number of allylic oxidation sites excluding steroid dienone is 1. The lowest BCUT2D eigenvalue weighted by Gasteiger charge is -2.15. The molecular formula is C25H21N3O4S2. The highest BCUT2D eigenvalue weighted by molar-refractivity contribution is 8.00. The number of nitrogens with one attached hydrogen (secondary N) is 1. The van der Waals surface area contributed by atoms with E-state index < -0.39 is 11.2 Å². The molecule has 1 amide bonds. The first-order chi connectivity index (χ1) is 16.4. The standard InChI is InChI=1S/C25H21N3O4S2/c1-3-11-28-24(32)21-18(17-7-5-4-6-8-17)14-33-23(21)27-25(28)34-15(2)22(31)26-19-12-16(13-29)9-10-20(19)30/h3-10,12-15,30H,1,11H2,2H3,(H,26,31). The summed E-state index contributed by atoms with van der Waals surface area (Å²) in [6.07, 6.45) is 2.24. The predicted octanol–water partition coefficient (Wildman–Crippen LogP) is 4.95. The van der Waals surface area contributed by atoms with Crippen LogP contribution in [0, 0.1) is 0 Å². The molecule has 4 aromatic rings. The zero-order valence-corrected chi connectivity index (χ0v) is 19.9. The van der Waals surface area contributed by atoms with Crippen LogP contribution in [0.25, 0.3) is 21.3 Å². The topological polar surface area (TPSA) is 101 Å². The number of hydrogen-bond donors (Lipinski definition) is 2. The lowest BCUT2D eigenvalue weighted by molar-refractivity contribution is -0.115. The van der Waals surface area contributed by atoms with Gasteiger partial charge >= 0.3 is 0 Å². The molecule has 0 radical (unpaired) electrons. The van der Waals surface area contributed by atoms with E-state index in [1.807, 2.05) is 35.7 Å². The SMILES string of the molecule is C=CCn1c(SC(C)C(=O)Nc2cc(C=O)ccc2O)nc2scc(-c3ccccc3)c2c1=O. The maximum atomic E-state index is 13.5. The molecule has 0 saturated heterocycles. The molecular weight excluding hydrogens is 470 g/mol. The van der Waals surface area contributed by atoms with Crippen LogP contribution in [0.4, 0.5) is 5.69 Å². The van der Waals surface area contributed by atoms with Crippen molar-refractivity contribution in [1.82, 2.24) is 9.55 Å². The van der Waals surface area contributed by atoms with Gasteiger partial charge in [-0.15, -0.1) is 17.9 Å². The molecule has 172 valence electrons. The predicted molar refractivity (Wildman–Crippen MR) is 137 cm³/mol. The van der Waals surface area contributed by atoms with Crippen molar-refractivity contribution in [2.45, 2.75) is 23.9 Å². The number of thioether (sulfide) groups is 1. The number of anilines is 1. The molecule has 4 rings (SSSR count). The molecule has 9 heteroatoms. The quantitative estimate of drug-likeness (QED) is 0.119. The van der Waals surface area contributed by atoms with Crippen LogP contribution in [0.15, 0.2) is 76.5 Å². The van der Waals surface area contributed by atoms with Gasteiger partial charge in [0.1, 0.15) is 16.9 Å². The monoisotopic (exact) mass is 491 g/mol. The number of phenolic OH excluding ortho intramolecular Hbond substituents is 1.